The minimum Gasteiger partial charge on any atom is -0.497 e. The number of carbonyl (C=O) groups is 2. The summed E-state index contributed by atoms with van der Waals surface area (Å²) in [7, 11) is 3.14. The summed E-state index contributed by atoms with van der Waals surface area (Å²) in [6, 6.07) is 14.0. The highest BCUT2D eigenvalue weighted by atomic mass is 16.6. The molecule has 2 atom stereocenters. The molecular formula is C29H37NO8. The van der Waals surface area contributed by atoms with Crippen molar-refractivity contribution in [3.8, 4) is 11.5 Å². The van der Waals surface area contributed by atoms with Crippen molar-refractivity contribution in [2.45, 2.75) is 38.9 Å². The van der Waals surface area contributed by atoms with Gasteiger partial charge in [-0.2, -0.15) is 0 Å². The predicted octanol–water partition coefficient (Wildman–Crippen LogP) is 5.22. The van der Waals surface area contributed by atoms with E-state index in [4.69, 9.17) is 28.8 Å². The number of hydrogen-bond acceptors (Lipinski definition) is 8. The lowest BCUT2D eigenvalue weighted by atomic mass is 10.00. The lowest BCUT2D eigenvalue weighted by Gasteiger charge is -2.26. The normalized spacial score (nSPS) is 13.0. The molecule has 2 aromatic carbocycles. The Morgan fingerprint density at radius 2 is 1.71 bits per heavy atom. The molecule has 0 unspecified atom stereocenters. The summed E-state index contributed by atoms with van der Waals surface area (Å²) >= 11 is 0. The maximum atomic E-state index is 12.8. The van der Waals surface area contributed by atoms with E-state index >= 15 is 0 Å². The molecule has 0 saturated carbocycles. The molecule has 0 aliphatic carbocycles. The molecule has 0 aliphatic heterocycles. The van der Waals surface area contributed by atoms with Crippen LogP contribution in [-0.2, 0) is 19.0 Å². The van der Waals surface area contributed by atoms with Crippen molar-refractivity contribution in [1.82, 2.24) is 0 Å². The van der Waals surface area contributed by atoms with Gasteiger partial charge in [0.25, 0.3) is 0 Å². The number of methoxy groups -OCH3 is 2. The van der Waals surface area contributed by atoms with E-state index in [1.807, 2.05) is 19.1 Å². The molecule has 0 spiro atoms. The number of hydrogen-bond donors (Lipinski definition) is 2. The Morgan fingerprint density at radius 3 is 2.32 bits per heavy atom. The van der Waals surface area contributed by atoms with E-state index in [0.29, 0.717) is 36.6 Å². The van der Waals surface area contributed by atoms with Crippen LogP contribution in [0.2, 0.25) is 0 Å². The van der Waals surface area contributed by atoms with Gasteiger partial charge in [0.2, 0.25) is 0 Å². The van der Waals surface area contributed by atoms with Crippen LogP contribution in [0.1, 0.15) is 38.4 Å². The minimum absolute atomic E-state index is 0.0905. The van der Waals surface area contributed by atoms with Crippen LogP contribution in [0, 0.1) is 0 Å². The number of carbonyl (C=O) groups excluding carboxylic acids is 2. The van der Waals surface area contributed by atoms with Crippen LogP contribution in [0.15, 0.2) is 72.3 Å². The molecule has 0 aromatic heterocycles. The van der Waals surface area contributed by atoms with Crippen molar-refractivity contribution in [2.75, 3.05) is 39.4 Å². The van der Waals surface area contributed by atoms with E-state index in [1.165, 1.54) is 6.08 Å². The molecule has 0 saturated heterocycles. The van der Waals surface area contributed by atoms with E-state index in [1.54, 1.807) is 69.7 Å². The van der Waals surface area contributed by atoms with E-state index in [2.05, 4.69) is 5.32 Å². The second-order valence-electron chi connectivity index (χ2n) is 8.21. The van der Waals surface area contributed by atoms with E-state index in [0.717, 1.165) is 11.1 Å². The number of amides is 1. The molecule has 206 valence electrons. The lowest BCUT2D eigenvalue weighted by molar-refractivity contribution is -0.137. The number of anilines is 1. The fourth-order valence-electron chi connectivity index (χ4n) is 3.55. The molecule has 38 heavy (non-hydrogen) atoms. The van der Waals surface area contributed by atoms with Gasteiger partial charge in [0.1, 0.15) is 18.1 Å². The Morgan fingerprint density at radius 1 is 1.03 bits per heavy atom. The maximum absolute atomic E-state index is 12.8. The van der Waals surface area contributed by atoms with E-state index < -0.39 is 18.3 Å². The first-order valence-electron chi connectivity index (χ1n) is 12.4. The summed E-state index contributed by atoms with van der Waals surface area (Å²) in [5.74, 6) is 0.877. The Bertz CT molecular complexity index is 1050. The second kappa shape index (κ2) is 16.8. The summed E-state index contributed by atoms with van der Waals surface area (Å²) in [5.41, 5.74) is 2.05. The monoisotopic (exact) mass is 527 g/mol. The molecule has 2 aromatic rings. The Balaban J connectivity index is 2.14. The molecule has 0 radical (unpaired) electrons. The molecule has 0 aliphatic rings. The van der Waals surface area contributed by atoms with Crippen molar-refractivity contribution in [1.29, 1.82) is 0 Å². The number of benzene rings is 2. The topological polar surface area (TPSA) is 113 Å². The van der Waals surface area contributed by atoms with Gasteiger partial charge in [0, 0.05) is 18.9 Å². The van der Waals surface area contributed by atoms with Crippen LogP contribution in [-0.4, -0.2) is 57.3 Å². The van der Waals surface area contributed by atoms with Gasteiger partial charge in [-0.15, -0.1) is 0 Å². The smallest absolute Gasteiger partial charge is 0.412 e. The fourth-order valence-corrected chi connectivity index (χ4v) is 3.55. The number of ether oxygens (including phenoxy) is 5. The van der Waals surface area contributed by atoms with Crippen LogP contribution >= 0.6 is 0 Å². The highest BCUT2D eigenvalue weighted by Gasteiger charge is 2.27. The zero-order chi connectivity index (χ0) is 27.8. The first-order chi connectivity index (χ1) is 18.4. The number of aliphatic hydroxyl groups is 1. The van der Waals surface area contributed by atoms with Gasteiger partial charge in [-0.25, -0.2) is 9.59 Å². The third-order valence-electron chi connectivity index (χ3n) is 5.41. The molecule has 2 rings (SSSR count). The minimum atomic E-state index is -0.713. The van der Waals surface area contributed by atoms with Crippen molar-refractivity contribution in [3.63, 3.8) is 0 Å². The van der Waals surface area contributed by atoms with Gasteiger partial charge in [-0.1, -0.05) is 24.3 Å². The lowest BCUT2D eigenvalue weighted by Crippen LogP contribution is -2.28. The van der Waals surface area contributed by atoms with Crippen LogP contribution in [0.4, 0.5) is 10.5 Å². The van der Waals surface area contributed by atoms with Gasteiger partial charge in [-0.05, 0) is 74.2 Å². The van der Waals surface area contributed by atoms with Crippen molar-refractivity contribution < 1.29 is 38.4 Å². The summed E-state index contributed by atoms with van der Waals surface area (Å²) in [4.78, 5) is 24.4. The molecule has 9 nitrogen and oxygen atoms in total. The molecule has 1 amide bonds. The van der Waals surface area contributed by atoms with Gasteiger partial charge < -0.3 is 28.8 Å². The number of nitrogens with one attached hydrogen (secondary N) is 1. The molecule has 0 bridgehead atoms. The first kappa shape index (κ1) is 30.4. The van der Waals surface area contributed by atoms with Gasteiger partial charge in [-0.3, -0.25) is 5.32 Å². The van der Waals surface area contributed by atoms with Crippen LogP contribution < -0.4 is 14.8 Å². The Labute approximate surface area is 224 Å². The zero-order valence-corrected chi connectivity index (χ0v) is 22.3. The summed E-state index contributed by atoms with van der Waals surface area (Å²) in [6.07, 6.45) is 4.55. The molecule has 9 heteroatoms. The van der Waals surface area contributed by atoms with Crippen LogP contribution in [0.25, 0.3) is 0 Å². The fraction of sp³-hybridized carbons (Fsp3) is 0.379. The number of allylic oxidation sites excluding steroid dienone is 3. The molecule has 0 fully saturated rings. The van der Waals surface area contributed by atoms with Gasteiger partial charge >= 0.3 is 12.1 Å². The number of rotatable bonds is 15. The zero-order valence-electron chi connectivity index (χ0n) is 22.3. The highest BCUT2D eigenvalue weighted by Crippen LogP contribution is 2.29. The summed E-state index contributed by atoms with van der Waals surface area (Å²) in [6.45, 7) is 3.99. The van der Waals surface area contributed by atoms with Gasteiger partial charge in [0.05, 0.1) is 26.4 Å². The van der Waals surface area contributed by atoms with Crippen LogP contribution in [0.5, 0.6) is 11.5 Å². The number of esters is 1. The predicted molar refractivity (Wildman–Crippen MR) is 144 cm³/mol. The summed E-state index contributed by atoms with van der Waals surface area (Å²) in [5, 5.41) is 11.7. The average Bonchev–Trinajstić information content (AvgIpc) is 2.92. The second-order valence-corrected chi connectivity index (χ2v) is 8.21. The molecule has 2 N–H and O–H groups in total. The largest absolute Gasteiger partial charge is 0.497 e. The SMILES string of the molecule is CCOC(=O)/C=C(C)/C=C/CC[C@H](OC)[C@@H](OC(=O)Nc1ccc(OC)cc1)c1ccc(OCCO)cc1. The first-order valence-corrected chi connectivity index (χ1v) is 12.4. The van der Waals surface area contributed by atoms with Crippen molar-refractivity contribution in [2.24, 2.45) is 0 Å². The summed E-state index contributed by atoms with van der Waals surface area (Å²) < 4.78 is 27.1. The average molecular weight is 528 g/mol. The Hall–Kier alpha value is -3.82. The number of aliphatic hydroxyl groups excluding tert-OH is 1. The van der Waals surface area contributed by atoms with Crippen molar-refractivity contribution >= 4 is 17.7 Å². The van der Waals surface area contributed by atoms with Gasteiger partial charge in [0.15, 0.2) is 6.10 Å². The molecular weight excluding hydrogens is 490 g/mol. The highest BCUT2D eigenvalue weighted by molar-refractivity contribution is 5.85. The van der Waals surface area contributed by atoms with E-state index in [-0.39, 0.29) is 19.2 Å². The maximum Gasteiger partial charge on any atom is 0.412 e. The third kappa shape index (κ3) is 10.7. The van der Waals surface area contributed by atoms with E-state index in [9.17, 15) is 9.59 Å². The standard InChI is InChI=1S/C29H37NO8/c1-5-36-27(32)20-21(2)8-6-7-9-26(35-4)28(22-10-14-25(15-11-22)37-19-18-31)38-29(33)30-23-12-16-24(34-3)17-13-23/h6,8,10-17,20,26,28,31H,5,7,9,18-19H2,1-4H3,(H,30,33)/b8-6+,21-20+/t26-,28-/m0/s1. The van der Waals surface area contributed by atoms with Crippen LogP contribution in [0.3, 0.4) is 0 Å². The van der Waals surface area contributed by atoms with Crippen molar-refractivity contribution in [3.05, 3.63) is 77.9 Å². The Kier molecular flexibility index (Phi) is 13.5. The third-order valence-corrected chi connectivity index (χ3v) is 5.41. The molecule has 0 heterocycles. The quantitative estimate of drug-likeness (QED) is 0.184.